The minimum Gasteiger partial charge on any atom is -0.336 e. The lowest BCUT2D eigenvalue weighted by atomic mass is 10.1. The lowest BCUT2D eigenvalue weighted by Crippen LogP contribution is -2.48. The Morgan fingerprint density at radius 1 is 1.38 bits per heavy atom. The number of halogens is 1. The Hall–Kier alpha value is -1.98. The molecule has 1 aliphatic heterocycles. The lowest BCUT2D eigenvalue weighted by molar-refractivity contribution is -0.385. The van der Waals surface area contributed by atoms with Crippen LogP contribution in [0.15, 0.2) is 22.7 Å². The van der Waals surface area contributed by atoms with E-state index in [4.69, 9.17) is 5.26 Å². The third-order valence-corrected chi connectivity index (χ3v) is 4.19. The largest absolute Gasteiger partial charge is 0.336 e. The molecule has 0 spiro atoms. The number of carbonyl (C=O) groups is 1. The lowest BCUT2D eigenvalue weighted by Gasteiger charge is -2.33. The summed E-state index contributed by atoms with van der Waals surface area (Å²) in [4.78, 5) is 26.4. The van der Waals surface area contributed by atoms with Crippen molar-refractivity contribution in [2.24, 2.45) is 0 Å². The van der Waals surface area contributed by atoms with Gasteiger partial charge < -0.3 is 4.90 Å². The van der Waals surface area contributed by atoms with Gasteiger partial charge in [0.25, 0.3) is 11.6 Å². The fourth-order valence-corrected chi connectivity index (χ4v) is 2.78. The summed E-state index contributed by atoms with van der Waals surface area (Å²) >= 11 is 3.14. The van der Waals surface area contributed by atoms with Crippen LogP contribution in [0, 0.1) is 21.4 Å². The summed E-state index contributed by atoms with van der Waals surface area (Å²) < 4.78 is 0.208. The average Bonchev–Trinajstić information content (AvgIpc) is 2.47. The van der Waals surface area contributed by atoms with Crippen molar-refractivity contribution in [2.75, 3.05) is 32.7 Å². The Balaban J connectivity index is 2.13. The monoisotopic (exact) mass is 352 g/mol. The summed E-state index contributed by atoms with van der Waals surface area (Å²) in [6.45, 7) is 2.63. The predicted molar refractivity (Wildman–Crippen MR) is 78.8 cm³/mol. The first-order chi connectivity index (χ1) is 10.0. The van der Waals surface area contributed by atoms with Gasteiger partial charge in [-0.1, -0.05) is 6.07 Å². The van der Waals surface area contributed by atoms with Gasteiger partial charge in [0.1, 0.15) is 4.47 Å². The first-order valence-corrected chi connectivity index (χ1v) is 7.15. The average molecular weight is 353 g/mol. The van der Waals surface area contributed by atoms with Crippen molar-refractivity contribution >= 4 is 27.5 Å². The molecule has 1 fully saturated rings. The Morgan fingerprint density at radius 2 is 2.05 bits per heavy atom. The van der Waals surface area contributed by atoms with E-state index < -0.39 is 4.92 Å². The van der Waals surface area contributed by atoms with E-state index in [1.54, 1.807) is 11.0 Å². The second-order valence-electron chi connectivity index (χ2n) is 4.62. The third-order valence-electron chi connectivity index (χ3n) is 3.36. The molecule has 1 saturated heterocycles. The summed E-state index contributed by atoms with van der Waals surface area (Å²) in [6.07, 6.45) is 0. The molecule has 21 heavy (non-hydrogen) atoms. The quantitative estimate of drug-likeness (QED) is 0.468. The molecule has 0 radical (unpaired) electrons. The van der Waals surface area contributed by atoms with Crippen LogP contribution >= 0.6 is 15.9 Å². The van der Waals surface area contributed by atoms with Gasteiger partial charge in [-0.15, -0.1) is 0 Å². The maximum absolute atomic E-state index is 12.4. The van der Waals surface area contributed by atoms with Crippen molar-refractivity contribution in [3.05, 3.63) is 38.3 Å². The first-order valence-electron chi connectivity index (χ1n) is 6.36. The molecule has 0 N–H and O–H groups in total. The minimum absolute atomic E-state index is 0.121. The zero-order valence-electron chi connectivity index (χ0n) is 11.2. The van der Waals surface area contributed by atoms with E-state index in [1.165, 1.54) is 12.1 Å². The molecule has 8 heteroatoms. The van der Waals surface area contributed by atoms with E-state index >= 15 is 0 Å². The number of hydrogen-bond acceptors (Lipinski definition) is 5. The van der Waals surface area contributed by atoms with E-state index in [9.17, 15) is 14.9 Å². The van der Waals surface area contributed by atoms with Crippen LogP contribution in [0.1, 0.15) is 10.4 Å². The van der Waals surface area contributed by atoms with Crippen LogP contribution in [0.4, 0.5) is 5.69 Å². The van der Waals surface area contributed by atoms with Crippen molar-refractivity contribution in [3.63, 3.8) is 0 Å². The van der Waals surface area contributed by atoms with Crippen molar-refractivity contribution in [2.45, 2.75) is 0 Å². The number of nitro benzene ring substituents is 1. The molecule has 0 aliphatic carbocycles. The zero-order valence-corrected chi connectivity index (χ0v) is 12.7. The standard InChI is InChI=1S/C13H13BrN4O3/c14-12-10(2-1-3-11(12)18(20)21)13(19)17-8-6-16(5-4-15)7-9-17/h1-3H,5-9H2. The number of piperazine rings is 1. The summed E-state index contributed by atoms with van der Waals surface area (Å²) in [5.74, 6) is -0.234. The van der Waals surface area contributed by atoms with Gasteiger partial charge in [-0.2, -0.15) is 5.26 Å². The fraction of sp³-hybridized carbons (Fsp3) is 0.385. The molecule has 110 valence electrons. The Morgan fingerprint density at radius 3 is 2.62 bits per heavy atom. The van der Waals surface area contributed by atoms with Gasteiger partial charge in [-0.3, -0.25) is 19.8 Å². The molecule has 2 rings (SSSR count). The highest BCUT2D eigenvalue weighted by molar-refractivity contribution is 9.10. The molecule has 1 aromatic carbocycles. The molecular formula is C13H13BrN4O3. The number of benzene rings is 1. The number of carbonyl (C=O) groups excluding carboxylic acids is 1. The molecule has 0 saturated carbocycles. The number of nitriles is 1. The molecule has 0 aromatic heterocycles. The number of amides is 1. The van der Waals surface area contributed by atoms with Crippen LogP contribution in [0.25, 0.3) is 0 Å². The second-order valence-corrected chi connectivity index (χ2v) is 5.42. The predicted octanol–water partition coefficient (Wildman–Crippen LogP) is 1.64. The topological polar surface area (TPSA) is 90.5 Å². The van der Waals surface area contributed by atoms with Gasteiger partial charge >= 0.3 is 0 Å². The minimum atomic E-state index is -0.522. The van der Waals surface area contributed by atoms with Gasteiger partial charge in [0, 0.05) is 32.2 Å². The van der Waals surface area contributed by atoms with Gasteiger partial charge in [0.2, 0.25) is 0 Å². The molecule has 7 nitrogen and oxygen atoms in total. The number of nitrogens with zero attached hydrogens (tertiary/aromatic N) is 4. The van der Waals surface area contributed by atoms with E-state index in [-0.39, 0.29) is 21.6 Å². The molecule has 0 atom stereocenters. The maximum Gasteiger partial charge on any atom is 0.284 e. The number of hydrogen-bond donors (Lipinski definition) is 0. The Kier molecular flexibility index (Phi) is 4.88. The summed E-state index contributed by atoms with van der Waals surface area (Å²) in [5, 5.41) is 19.5. The van der Waals surface area contributed by atoms with Crippen LogP contribution in [0.2, 0.25) is 0 Å². The van der Waals surface area contributed by atoms with Gasteiger partial charge in [-0.25, -0.2) is 0 Å². The second kappa shape index (κ2) is 6.65. The molecule has 0 unspecified atom stereocenters. The van der Waals surface area contributed by atoms with E-state index in [0.29, 0.717) is 32.7 Å². The molecule has 1 heterocycles. The van der Waals surface area contributed by atoms with Gasteiger partial charge in [0.05, 0.1) is 23.1 Å². The third kappa shape index (κ3) is 3.37. The zero-order chi connectivity index (χ0) is 15.4. The first kappa shape index (κ1) is 15.4. The van der Waals surface area contributed by atoms with Gasteiger partial charge in [0.15, 0.2) is 0 Å². The number of nitro groups is 1. The molecule has 1 amide bonds. The number of rotatable bonds is 3. The van der Waals surface area contributed by atoms with Crippen LogP contribution < -0.4 is 0 Å². The summed E-state index contributed by atoms with van der Waals surface area (Å²) in [7, 11) is 0. The highest BCUT2D eigenvalue weighted by Crippen LogP contribution is 2.29. The van der Waals surface area contributed by atoms with Gasteiger partial charge in [-0.05, 0) is 22.0 Å². The van der Waals surface area contributed by atoms with E-state index in [2.05, 4.69) is 22.0 Å². The highest BCUT2D eigenvalue weighted by atomic mass is 79.9. The Bertz CT molecular complexity index is 606. The van der Waals surface area contributed by atoms with Crippen molar-refractivity contribution < 1.29 is 9.72 Å². The van der Waals surface area contributed by atoms with E-state index in [1.807, 2.05) is 4.90 Å². The summed E-state index contributed by atoms with van der Waals surface area (Å²) in [6, 6.07) is 6.51. The molecule has 1 aromatic rings. The van der Waals surface area contributed by atoms with Crippen LogP contribution in [0.5, 0.6) is 0 Å². The van der Waals surface area contributed by atoms with E-state index in [0.717, 1.165) is 0 Å². The van der Waals surface area contributed by atoms with Crippen LogP contribution in [-0.2, 0) is 0 Å². The summed E-state index contributed by atoms with van der Waals surface area (Å²) in [5.41, 5.74) is 0.168. The molecule has 1 aliphatic rings. The van der Waals surface area contributed by atoms with Crippen LogP contribution in [-0.4, -0.2) is 53.4 Å². The smallest absolute Gasteiger partial charge is 0.284 e. The highest BCUT2D eigenvalue weighted by Gasteiger charge is 2.26. The van der Waals surface area contributed by atoms with Crippen LogP contribution in [0.3, 0.4) is 0 Å². The van der Waals surface area contributed by atoms with Crippen molar-refractivity contribution in [1.82, 2.24) is 9.80 Å². The maximum atomic E-state index is 12.4. The normalized spacial score (nSPS) is 15.5. The van der Waals surface area contributed by atoms with Crippen molar-refractivity contribution in [3.8, 4) is 6.07 Å². The SMILES string of the molecule is N#CCN1CCN(C(=O)c2cccc([N+](=O)[O-])c2Br)CC1. The molecule has 0 bridgehead atoms. The molecular weight excluding hydrogens is 340 g/mol. The Labute approximate surface area is 130 Å². The fourth-order valence-electron chi connectivity index (χ4n) is 2.21. The van der Waals surface area contributed by atoms with Crippen molar-refractivity contribution in [1.29, 1.82) is 5.26 Å².